The molecule has 0 aliphatic rings. The molecule has 84 valence electrons. The fourth-order valence-corrected chi connectivity index (χ4v) is 1.69. The van der Waals surface area contributed by atoms with Crippen molar-refractivity contribution in [2.45, 2.75) is 19.6 Å². The topological polar surface area (TPSA) is 43.7 Å². The van der Waals surface area contributed by atoms with Crippen LogP contribution in [0, 0.1) is 0 Å². The molecule has 0 heterocycles. The summed E-state index contributed by atoms with van der Waals surface area (Å²) >= 11 is 5.79. The smallest absolute Gasteiger partial charge is 0.138 e. The lowest BCUT2D eigenvalue weighted by Gasteiger charge is -2.19. The van der Waals surface area contributed by atoms with Crippen molar-refractivity contribution >= 4 is 11.6 Å². The predicted octanol–water partition coefficient (Wildman–Crippen LogP) is 1.86. The number of aliphatic hydroxyl groups excluding tert-OH is 1. The van der Waals surface area contributed by atoms with Gasteiger partial charge in [-0.1, -0.05) is 23.7 Å². The molecule has 0 aromatic heterocycles. The van der Waals surface area contributed by atoms with E-state index >= 15 is 0 Å². The molecule has 0 radical (unpaired) electrons. The van der Waals surface area contributed by atoms with E-state index in [1.165, 1.54) is 0 Å². The zero-order valence-corrected chi connectivity index (χ0v) is 9.70. The minimum Gasteiger partial charge on any atom is -0.506 e. The molecule has 0 saturated heterocycles. The maximum Gasteiger partial charge on any atom is 0.138 e. The summed E-state index contributed by atoms with van der Waals surface area (Å²) in [4.78, 5) is 1.93. The molecule has 1 aromatic rings. The Labute approximate surface area is 94.9 Å². The first-order valence-electron chi connectivity index (χ1n) is 4.83. The maximum atomic E-state index is 9.66. The highest BCUT2D eigenvalue weighted by Gasteiger charge is 2.09. The number of nitrogens with zero attached hydrogens (tertiary/aromatic N) is 1. The average molecular weight is 230 g/mol. The lowest BCUT2D eigenvalue weighted by molar-refractivity contribution is 0.138. The Morgan fingerprint density at radius 1 is 1.47 bits per heavy atom. The average Bonchev–Trinajstić information content (AvgIpc) is 2.11. The molecule has 15 heavy (non-hydrogen) atoms. The molecule has 1 rings (SSSR count). The van der Waals surface area contributed by atoms with Crippen molar-refractivity contribution in [2.75, 3.05) is 13.6 Å². The van der Waals surface area contributed by atoms with Crippen LogP contribution in [0.2, 0.25) is 5.02 Å². The number of benzene rings is 1. The van der Waals surface area contributed by atoms with Crippen LogP contribution in [0.25, 0.3) is 0 Å². The monoisotopic (exact) mass is 229 g/mol. The van der Waals surface area contributed by atoms with E-state index in [1.807, 2.05) is 18.0 Å². The summed E-state index contributed by atoms with van der Waals surface area (Å²) in [6.45, 7) is 2.86. The molecule has 0 aliphatic heterocycles. The Balaban J connectivity index is 2.68. The highest BCUT2D eigenvalue weighted by Crippen LogP contribution is 2.27. The van der Waals surface area contributed by atoms with Crippen LogP contribution in [-0.4, -0.2) is 34.8 Å². The SMILES string of the molecule is CC(O)CN(C)Cc1cccc(Cl)c1O. The number of para-hydroxylation sites is 1. The zero-order chi connectivity index (χ0) is 11.4. The molecule has 0 saturated carbocycles. The third-order valence-corrected chi connectivity index (χ3v) is 2.39. The van der Waals surface area contributed by atoms with Gasteiger partial charge in [0.25, 0.3) is 0 Å². The molecule has 0 aliphatic carbocycles. The largest absolute Gasteiger partial charge is 0.506 e. The van der Waals surface area contributed by atoms with Gasteiger partial charge in [-0.15, -0.1) is 0 Å². The molecule has 0 amide bonds. The molecule has 1 unspecified atom stereocenters. The fourth-order valence-electron chi connectivity index (χ4n) is 1.49. The number of hydrogen-bond acceptors (Lipinski definition) is 3. The number of hydrogen-bond donors (Lipinski definition) is 2. The highest BCUT2D eigenvalue weighted by atomic mass is 35.5. The van der Waals surface area contributed by atoms with Crippen molar-refractivity contribution < 1.29 is 10.2 Å². The normalized spacial score (nSPS) is 13.1. The van der Waals surface area contributed by atoms with Crippen LogP contribution in [0.15, 0.2) is 18.2 Å². The number of likely N-dealkylation sites (N-methyl/N-ethyl adjacent to an activating group) is 1. The van der Waals surface area contributed by atoms with E-state index in [0.29, 0.717) is 18.1 Å². The van der Waals surface area contributed by atoms with Gasteiger partial charge >= 0.3 is 0 Å². The van der Waals surface area contributed by atoms with Crippen LogP contribution in [-0.2, 0) is 6.54 Å². The Kier molecular flexibility index (Phi) is 4.39. The summed E-state index contributed by atoms with van der Waals surface area (Å²) in [5.41, 5.74) is 0.769. The van der Waals surface area contributed by atoms with E-state index in [4.69, 9.17) is 11.6 Å². The molecule has 2 N–H and O–H groups in total. The summed E-state index contributed by atoms with van der Waals surface area (Å²) < 4.78 is 0. The second kappa shape index (κ2) is 5.35. The van der Waals surface area contributed by atoms with Gasteiger partial charge in [0.05, 0.1) is 11.1 Å². The van der Waals surface area contributed by atoms with Crippen molar-refractivity contribution in [1.82, 2.24) is 4.90 Å². The molecule has 1 atom stereocenters. The molecule has 0 bridgehead atoms. The number of aliphatic hydroxyl groups is 1. The lowest BCUT2D eigenvalue weighted by atomic mass is 10.2. The van der Waals surface area contributed by atoms with Crippen molar-refractivity contribution in [2.24, 2.45) is 0 Å². The first-order chi connectivity index (χ1) is 7.00. The Morgan fingerprint density at radius 3 is 2.73 bits per heavy atom. The van der Waals surface area contributed by atoms with Crippen LogP contribution in [0.5, 0.6) is 5.75 Å². The van der Waals surface area contributed by atoms with Crippen molar-refractivity contribution in [3.8, 4) is 5.75 Å². The molecular weight excluding hydrogens is 214 g/mol. The van der Waals surface area contributed by atoms with Gasteiger partial charge in [0, 0.05) is 18.7 Å². The fraction of sp³-hybridized carbons (Fsp3) is 0.455. The van der Waals surface area contributed by atoms with Gasteiger partial charge in [-0.25, -0.2) is 0 Å². The highest BCUT2D eigenvalue weighted by molar-refractivity contribution is 6.32. The minimum absolute atomic E-state index is 0.122. The second-order valence-corrected chi connectivity index (χ2v) is 4.20. The number of rotatable bonds is 4. The van der Waals surface area contributed by atoms with Gasteiger partial charge in [-0.2, -0.15) is 0 Å². The summed E-state index contributed by atoms with van der Waals surface area (Å²) in [6, 6.07) is 5.27. The molecule has 0 spiro atoms. The molecule has 0 fully saturated rings. The summed E-state index contributed by atoms with van der Waals surface area (Å²) in [5.74, 6) is 0.122. The third kappa shape index (κ3) is 3.70. The van der Waals surface area contributed by atoms with Crippen molar-refractivity contribution in [3.63, 3.8) is 0 Å². The first kappa shape index (κ1) is 12.3. The van der Waals surface area contributed by atoms with Gasteiger partial charge in [-0.3, -0.25) is 4.90 Å². The van der Waals surface area contributed by atoms with Crippen LogP contribution in [0.1, 0.15) is 12.5 Å². The minimum atomic E-state index is -0.378. The van der Waals surface area contributed by atoms with E-state index < -0.39 is 0 Å². The quantitative estimate of drug-likeness (QED) is 0.829. The van der Waals surface area contributed by atoms with Crippen molar-refractivity contribution in [3.05, 3.63) is 28.8 Å². The summed E-state index contributed by atoms with van der Waals surface area (Å²) in [7, 11) is 1.88. The number of phenolic OH excluding ortho intramolecular Hbond substituents is 1. The Morgan fingerprint density at radius 2 is 2.13 bits per heavy atom. The van der Waals surface area contributed by atoms with Gasteiger partial charge in [0.15, 0.2) is 0 Å². The van der Waals surface area contributed by atoms with Crippen LogP contribution in [0.4, 0.5) is 0 Å². The Bertz CT molecular complexity index is 328. The summed E-state index contributed by atoms with van der Waals surface area (Å²) in [5, 5.41) is 19.2. The van der Waals surface area contributed by atoms with E-state index in [9.17, 15) is 10.2 Å². The Hall–Kier alpha value is -0.770. The number of phenols is 1. The van der Waals surface area contributed by atoms with E-state index in [2.05, 4.69) is 0 Å². The molecular formula is C11H16ClNO2. The van der Waals surface area contributed by atoms with Crippen LogP contribution in [0.3, 0.4) is 0 Å². The van der Waals surface area contributed by atoms with Crippen LogP contribution < -0.4 is 0 Å². The predicted molar refractivity (Wildman–Crippen MR) is 61.1 cm³/mol. The zero-order valence-electron chi connectivity index (χ0n) is 8.94. The number of halogens is 1. The molecule has 1 aromatic carbocycles. The van der Waals surface area contributed by atoms with E-state index in [1.54, 1.807) is 19.1 Å². The second-order valence-electron chi connectivity index (χ2n) is 3.79. The van der Waals surface area contributed by atoms with Gasteiger partial charge in [0.2, 0.25) is 0 Å². The molecule has 3 nitrogen and oxygen atoms in total. The summed E-state index contributed by atoms with van der Waals surface area (Å²) in [6.07, 6.45) is -0.378. The standard InChI is InChI=1S/C11H16ClNO2/c1-8(14)6-13(2)7-9-4-3-5-10(12)11(9)15/h3-5,8,14-15H,6-7H2,1-2H3. The van der Waals surface area contributed by atoms with Gasteiger partial charge in [0.1, 0.15) is 5.75 Å². The lowest BCUT2D eigenvalue weighted by Crippen LogP contribution is -2.26. The van der Waals surface area contributed by atoms with Gasteiger partial charge < -0.3 is 10.2 Å². The van der Waals surface area contributed by atoms with E-state index in [0.717, 1.165) is 5.56 Å². The third-order valence-electron chi connectivity index (χ3n) is 2.09. The number of aromatic hydroxyl groups is 1. The van der Waals surface area contributed by atoms with Crippen LogP contribution >= 0.6 is 11.6 Å². The van der Waals surface area contributed by atoms with E-state index in [-0.39, 0.29) is 11.9 Å². The van der Waals surface area contributed by atoms with Gasteiger partial charge in [-0.05, 0) is 20.0 Å². The first-order valence-corrected chi connectivity index (χ1v) is 5.21. The van der Waals surface area contributed by atoms with Crippen molar-refractivity contribution in [1.29, 1.82) is 0 Å². The molecule has 4 heteroatoms. The maximum absolute atomic E-state index is 9.66.